The van der Waals surface area contributed by atoms with E-state index in [0.29, 0.717) is 6.42 Å². The van der Waals surface area contributed by atoms with Gasteiger partial charge in [-0.2, -0.15) is 0 Å². The minimum Gasteiger partial charge on any atom is -0.361 e. The van der Waals surface area contributed by atoms with Crippen LogP contribution in [0.2, 0.25) is 0 Å². The number of nitrogens with zero attached hydrogens (tertiary/aromatic N) is 2. The van der Waals surface area contributed by atoms with Crippen LogP contribution >= 0.6 is 0 Å². The largest absolute Gasteiger partial charge is 0.361 e. The highest BCUT2D eigenvalue weighted by Crippen LogP contribution is 2.30. The minimum absolute atomic E-state index is 0.109. The van der Waals surface area contributed by atoms with E-state index in [-0.39, 0.29) is 11.9 Å². The molecule has 1 aromatic carbocycles. The predicted molar refractivity (Wildman–Crippen MR) is 94.5 cm³/mol. The number of nitrogens with one attached hydrogen (secondary N) is 1. The number of fused-ring (bicyclic) bond motifs is 1. The number of H-pyrrole nitrogens is 1. The molecule has 1 fully saturated rings. The van der Waals surface area contributed by atoms with E-state index in [9.17, 15) is 4.79 Å². The van der Waals surface area contributed by atoms with E-state index in [1.807, 2.05) is 53.7 Å². The van der Waals surface area contributed by atoms with Crippen molar-refractivity contribution in [2.75, 3.05) is 6.54 Å². The molecule has 4 nitrogen and oxygen atoms in total. The van der Waals surface area contributed by atoms with Crippen molar-refractivity contribution in [3.05, 3.63) is 66.1 Å². The zero-order chi connectivity index (χ0) is 16.4. The molecule has 3 heterocycles. The van der Waals surface area contributed by atoms with Gasteiger partial charge in [0.05, 0.1) is 18.2 Å². The second-order valence-electron chi connectivity index (χ2n) is 6.39. The van der Waals surface area contributed by atoms with Crippen LogP contribution in [-0.4, -0.2) is 27.3 Å². The summed E-state index contributed by atoms with van der Waals surface area (Å²) in [5.74, 6) is 0.190. The number of hydrogen-bond acceptors (Lipinski definition) is 2. The van der Waals surface area contributed by atoms with Gasteiger partial charge in [0.1, 0.15) is 0 Å². The van der Waals surface area contributed by atoms with Gasteiger partial charge in [-0.3, -0.25) is 9.78 Å². The number of hydrogen-bond donors (Lipinski definition) is 1. The number of carbonyl (C=O) groups is 1. The number of benzene rings is 1. The second kappa shape index (κ2) is 6.48. The molecular formula is C20H21N3O. The topological polar surface area (TPSA) is 49.0 Å². The molecule has 4 rings (SSSR count). The smallest absolute Gasteiger partial charge is 0.227 e. The maximum absolute atomic E-state index is 13.0. The average molecular weight is 319 g/mol. The fraction of sp³-hybridized carbons (Fsp3) is 0.300. The molecular weight excluding hydrogens is 298 g/mol. The Bertz CT molecular complexity index is 840. The Morgan fingerprint density at radius 3 is 2.92 bits per heavy atom. The van der Waals surface area contributed by atoms with Crippen molar-refractivity contribution in [3.8, 4) is 0 Å². The highest BCUT2D eigenvalue weighted by molar-refractivity contribution is 5.89. The fourth-order valence-corrected chi connectivity index (χ4v) is 3.65. The molecule has 0 bridgehead atoms. The quantitative estimate of drug-likeness (QED) is 0.797. The van der Waals surface area contributed by atoms with Crippen LogP contribution in [0.5, 0.6) is 0 Å². The summed E-state index contributed by atoms with van der Waals surface area (Å²) < 4.78 is 0. The first-order valence-corrected chi connectivity index (χ1v) is 8.58. The molecule has 1 N–H and O–H groups in total. The van der Waals surface area contributed by atoms with Crippen LogP contribution in [0.15, 0.2) is 54.9 Å². The lowest BCUT2D eigenvalue weighted by molar-refractivity contribution is -0.134. The Hall–Kier alpha value is -2.62. The summed E-state index contributed by atoms with van der Waals surface area (Å²) in [5.41, 5.74) is 3.16. The lowest BCUT2D eigenvalue weighted by Crippen LogP contribution is -2.39. The third-order valence-corrected chi connectivity index (χ3v) is 4.87. The van der Waals surface area contributed by atoms with Gasteiger partial charge >= 0.3 is 0 Å². The van der Waals surface area contributed by atoms with E-state index in [0.717, 1.165) is 48.0 Å². The molecule has 1 unspecified atom stereocenters. The summed E-state index contributed by atoms with van der Waals surface area (Å²) in [4.78, 5) is 22.7. The summed E-state index contributed by atoms with van der Waals surface area (Å²) in [7, 11) is 0. The summed E-state index contributed by atoms with van der Waals surface area (Å²) in [6.07, 6.45) is 7.43. The van der Waals surface area contributed by atoms with Gasteiger partial charge in [0, 0.05) is 29.8 Å². The number of carbonyl (C=O) groups excluding carboxylic acids is 1. The number of aromatic nitrogens is 2. The van der Waals surface area contributed by atoms with Crippen LogP contribution in [0, 0.1) is 0 Å². The van der Waals surface area contributed by atoms with E-state index in [2.05, 4.69) is 16.0 Å². The van der Waals surface area contributed by atoms with Crippen LogP contribution in [0.3, 0.4) is 0 Å². The zero-order valence-electron chi connectivity index (χ0n) is 13.6. The Morgan fingerprint density at radius 2 is 2.04 bits per heavy atom. The Morgan fingerprint density at radius 1 is 1.17 bits per heavy atom. The number of aromatic amines is 1. The van der Waals surface area contributed by atoms with E-state index >= 15 is 0 Å². The summed E-state index contributed by atoms with van der Waals surface area (Å²) in [6.45, 7) is 0.822. The van der Waals surface area contributed by atoms with E-state index in [1.54, 1.807) is 0 Å². The number of amides is 1. The standard InChI is InChI=1S/C20H21N3O/c24-20(13-15-14-22-17-8-2-1-7-16(15)17)23-12-6-4-10-19(23)18-9-3-5-11-21-18/h1-3,5,7-9,11,14,19,22H,4,6,10,12-13H2. The van der Waals surface area contributed by atoms with E-state index in [1.165, 1.54) is 0 Å². The highest BCUT2D eigenvalue weighted by atomic mass is 16.2. The summed E-state index contributed by atoms with van der Waals surface area (Å²) >= 11 is 0. The molecule has 122 valence electrons. The Balaban J connectivity index is 1.58. The fourth-order valence-electron chi connectivity index (χ4n) is 3.65. The van der Waals surface area contributed by atoms with Gasteiger partial charge in [-0.1, -0.05) is 24.3 Å². The van der Waals surface area contributed by atoms with Crippen molar-refractivity contribution in [2.24, 2.45) is 0 Å². The van der Waals surface area contributed by atoms with Gasteiger partial charge in [-0.05, 0) is 43.0 Å². The van der Waals surface area contributed by atoms with Crippen LogP contribution in [0.25, 0.3) is 10.9 Å². The zero-order valence-corrected chi connectivity index (χ0v) is 13.6. The first kappa shape index (κ1) is 14.9. The van der Waals surface area contributed by atoms with Gasteiger partial charge in [0.25, 0.3) is 0 Å². The van der Waals surface area contributed by atoms with Crippen LogP contribution in [0.4, 0.5) is 0 Å². The predicted octanol–water partition coefficient (Wildman–Crippen LogP) is 3.86. The summed E-state index contributed by atoms with van der Waals surface area (Å²) in [6, 6.07) is 14.2. The molecule has 4 heteroatoms. The molecule has 3 aromatic rings. The van der Waals surface area contributed by atoms with Gasteiger partial charge < -0.3 is 9.88 Å². The normalized spacial score (nSPS) is 18.0. The molecule has 1 aliphatic rings. The van der Waals surface area contributed by atoms with Crippen LogP contribution in [0.1, 0.15) is 36.6 Å². The number of rotatable bonds is 3. The lowest BCUT2D eigenvalue weighted by atomic mass is 9.97. The number of para-hydroxylation sites is 1. The van der Waals surface area contributed by atoms with Crippen molar-refractivity contribution in [3.63, 3.8) is 0 Å². The maximum atomic E-state index is 13.0. The van der Waals surface area contributed by atoms with E-state index < -0.39 is 0 Å². The number of likely N-dealkylation sites (tertiary alicyclic amines) is 1. The van der Waals surface area contributed by atoms with Crippen molar-refractivity contribution in [1.29, 1.82) is 0 Å². The molecule has 0 radical (unpaired) electrons. The first-order chi connectivity index (χ1) is 11.8. The first-order valence-electron chi connectivity index (χ1n) is 8.58. The number of pyridine rings is 1. The second-order valence-corrected chi connectivity index (χ2v) is 6.39. The molecule has 2 aromatic heterocycles. The van der Waals surface area contributed by atoms with E-state index in [4.69, 9.17) is 0 Å². The van der Waals surface area contributed by atoms with Crippen molar-refractivity contribution >= 4 is 16.8 Å². The van der Waals surface area contributed by atoms with Crippen molar-refractivity contribution < 1.29 is 4.79 Å². The van der Waals surface area contributed by atoms with Gasteiger partial charge in [-0.25, -0.2) is 0 Å². The lowest BCUT2D eigenvalue weighted by Gasteiger charge is -2.35. The highest BCUT2D eigenvalue weighted by Gasteiger charge is 2.28. The Labute approximate surface area is 141 Å². The van der Waals surface area contributed by atoms with Crippen LogP contribution in [-0.2, 0) is 11.2 Å². The van der Waals surface area contributed by atoms with Gasteiger partial charge in [0.2, 0.25) is 5.91 Å². The minimum atomic E-state index is 0.109. The molecule has 1 amide bonds. The van der Waals surface area contributed by atoms with Crippen molar-refractivity contribution in [1.82, 2.24) is 14.9 Å². The van der Waals surface area contributed by atoms with Gasteiger partial charge in [-0.15, -0.1) is 0 Å². The molecule has 1 aliphatic heterocycles. The third kappa shape index (κ3) is 2.80. The van der Waals surface area contributed by atoms with Crippen LogP contribution < -0.4 is 0 Å². The molecule has 0 aliphatic carbocycles. The SMILES string of the molecule is O=C(Cc1c[nH]c2ccccc12)N1CCCCC1c1ccccn1. The Kier molecular flexibility index (Phi) is 4.03. The van der Waals surface area contributed by atoms with Gasteiger partial charge in [0.15, 0.2) is 0 Å². The maximum Gasteiger partial charge on any atom is 0.227 e. The monoisotopic (exact) mass is 319 g/mol. The average Bonchev–Trinajstić information content (AvgIpc) is 3.05. The molecule has 1 atom stereocenters. The molecule has 1 saturated heterocycles. The molecule has 0 saturated carbocycles. The van der Waals surface area contributed by atoms with Crippen molar-refractivity contribution in [2.45, 2.75) is 31.7 Å². The number of piperidine rings is 1. The molecule has 24 heavy (non-hydrogen) atoms. The summed E-state index contributed by atoms with van der Waals surface area (Å²) in [5, 5.41) is 1.14. The molecule has 0 spiro atoms. The third-order valence-electron chi connectivity index (χ3n) is 4.87.